The van der Waals surface area contributed by atoms with Gasteiger partial charge in [0.1, 0.15) is 5.82 Å². The number of aromatic nitrogens is 1. The van der Waals surface area contributed by atoms with Crippen LogP contribution in [0.3, 0.4) is 0 Å². The monoisotopic (exact) mass is 347 g/mol. The third kappa shape index (κ3) is 4.19. The number of anilines is 1. The largest absolute Gasteiger partial charge is 0.298 e. The number of rotatable bonds is 4. The molecule has 0 radical (unpaired) electrons. The summed E-state index contributed by atoms with van der Waals surface area (Å²) in [6.07, 6.45) is 1.28. The number of piperidine rings is 1. The van der Waals surface area contributed by atoms with Crippen LogP contribution in [-0.2, 0) is 6.54 Å². The molecule has 6 heteroatoms. The maximum Gasteiger partial charge on any atom is 0.260 e. The molecule has 0 spiro atoms. The van der Waals surface area contributed by atoms with Gasteiger partial charge in [-0.15, -0.1) is 11.3 Å². The molecule has 2 aromatic rings. The lowest BCUT2D eigenvalue weighted by atomic mass is 9.92. The summed E-state index contributed by atoms with van der Waals surface area (Å²) in [7, 11) is 0. The van der Waals surface area contributed by atoms with Gasteiger partial charge in [0.15, 0.2) is 5.13 Å². The molecule has 1 aliphatic rings. The predicted molar refractivity (Wildman–Crippen MR) is 94.7 cm³/mol. The Bertz CT molecular complexity index is 708. The molecule has 0 bridgehead atoms. The molecule has 128 valence electrons. The van der Waals surface area contributed by atoms with Crippen LogP contribution in [0.4, 0.5) is 9.52 Å². The van der Waals surface area contributed by atoms with Gasteiger partial charge in [-0.05, 0) is 30.4 Å². The summed E-state index contributed by atoms with van der Waals surface area (Å²) in [6, 6.07) is 5.95. The van der Waals surface area contributed by atoms with Gasteiger partial charge in [0.05, 0.1) is 11.3 Å². The maximum absolute atomic E-state index is 13.6. The van der Waals surface area contributed by atoms with Crippen LogP contribution in [0.25, 0.3) is 0 Å². The van der Waals surface area contributed by atoms with Gasteiger partial charge in [0.2, 0.25) is 0 Å². The highest BCUT2D eigenvalue weighted by molar-refractivity contribution is 7.13. The molecule has 3 rings (SSSR count). The van der Waals surface area contributed by atoms with E-state index in [0.29, 0.717) is 17.0 Å². The quantitative estimate of drug-likeness (QED) is 0.909. The van der Waals surface area contributed by atoms with E-state index in [1.165, 1.54) is 29.9 Å². The fourth-order valence-corrected chi connectivity index (χ4v) is 4.09. The Labute approximate surface area is 145 Å². The molecular formula is C18H22FN3OS. The van der Waals surface area contributed by atoms with Gasteiger partial charge in [-0.2, -0.15) is 0 Å². The Morgan fingerprint density at radius 3 is 2.75 bits per heavy atom. The highest BCUT2D eigenvalue weighted by atomic mass is 32.1. The second-order valence-corrected chi connectivity index (χ2v) is 7.58. The third-order valence-electron chi connectivity index (χ3n) is 4.22. The van der Waals surface area contributed by atoms with E-state index < -0.39 is 11.7 Å². The molecule has 1 aromatic carbocycles. The van der Waals surface area contributed by atoms with Crippen molar-refractivity contribution in [2.24, 2.45) is 11.8 Å². The van der Waals surface area contributed by atoms with Crippen LogP contribution >= 0.6 is 11.3 Å². The molecule has 1 fully saturated rings. The second kappa shape index (κ2) is 7.40. The van der Waals surface area contributed by atoms with Crippen molar-refractivity contribution in [3.63, 3.8) is 0 Å². The summed E-state index contributed by atoms with van der Waals surface area (Å²) in [5.41, 5.74) is 0.984. The van der Waals surface area contributed by atoms with Crippen molar-refractivity contribution in [1.82, 2.24) is 9.88 Å². The minimum absolute atomic E-state index is 0.0351. The first-order valence-electron chi connectivity index (χ1n) is 8.24. The number of amides is 1. The van der Waals surface area contributed by atoms with Gasteiger partial charge in [-0.1, -0.05) is 26.0 Å². The van der Waals surface area contributed by atoms with Crippen molar-refractivity contribution in [2.45, 2.75) is 26.8 Å². The fraction of sp³-hybridized carbons (Fsp3) is 0.444. The van der Waals surface area contributed by atoms with Gasteiger partial charge < -0.3 is 0 Å². The third-order valence-corrected chi connectivity index (χ3v) is 5.03. The SMILES string of the molecule is C[C@@H]1C[C@@H](C)CN(Cc2csc(NC(=O)c3ccccc3F)n2)C1. The lowest BCUT2D eigenvalue weighted by Gasteiger charge is -2.34. The van der Waals surface area contributed by atoms with Crippen molar-refractivity contribution < 1.29 is 9.18 Å². The van der Waals surface area contributed by atoms with Gasteiger partial charge >= 0.3 is 0 Å². The van der Waals surface area contributed by atoms with E-state index in [-0.39, 0.29) is 5.56 Å². The number of carbonyl (C=O) groups excluding carboxylic acids is 1. The van der Waals surface area contributed by atoms with Gasteiger partial charge in [0.25, 0.3) is 5.91 Å². The van der Waals surface area contributed by atoms with Crippen LogP contribution in [-0.4, -0.2) is 28.9 Å². The molecule has 1 saturated heterocycles. The average molecular weight is 347 g/mol. The fourth-order valence-electron chi connectivity index (χ4n) is 3.40. The normalized spacial score (nSPS) is 21.6. The number of benzene rings is 1. The molecule has 24 heavy (non-hydrogen) atoms. The summed E-state index contributed by atoms with van der Waals surface area (Å²) in [6.45, 7) is 7.52. The van der Waals surface area contributed by atoms with Crippen molar-refractivity contribution in [2.75, 3.05) is 18.4 Å². The number of carbonyl (C=O) groups is 1. The Kier molecular flexibility index (Phi) is 5.26. The summed E-state index contributed by atoms with van der Waals surface area (Å²) < 4.78 is 13.6. The van der Waals surface area contributed by atoms with Crippen LogP contribution in [0.15, 0.2) is 29.6 Å². The number of thiazole rings is 1. The molecule has 0 aliphatic carbocycles. The second-order valence-electron chi connectivity index (χ2n) is 6.72. The van der Waals surface area contributed by atoms with E-state index in [1.807, 2.05) is 5.38 Å². The van der Waals surface area contributed by atoms with Crippen molar-refractivity contribution in [1.29, 1.82) is 0 Å². The number of likely N-dealkylation sites (tertiary alicyclic amines) is 1. The first-order chi connectivity index (χ1) is 11.5. The molecule has 1 aliphatic heterocycles. The summed E-state index contributed by atoms with van der Waals surface area (Å²) in [5, 5.41) is 5.15. The number of halogens is 1. The first kappa shape index (κ1) is 17.0. The lowest BCUT2D eigenvalue weighted by molar-refractivity contribution is 0.102. The van der Waals surface area contributed by atoms with E-state index in [9.17, 15) is 9.18 Å². The summed E-state index contributed by atoms with van der Waals surface area (Å²) in [4.78, 5) is 19.0. The number of nitrogens with zero attached hydrogens (tertiary/aromatic N) is 2. The van der Waals surface area contributed by atoms with Crippen LogP contribution in [0, 0.1) is 17.7 Å². The molecule has 4 nitrogen and oxygen atoms in total. The highest BCUT2D eigenvalue weighted by Gasteiger charge is 2.22. The lowest BCUT2D eigenvalue weighted by Crippen LogP contribution is -2.38. The molecule has 1 amide bonds. The zero-order chi connectivity index (χ0) is 17.1. The number of hydrogen-bond acceptors (Lipinski definition) is 4. The van der Waals surface area contributed by atoms with Crippen LogP contribution in [0.5, 0.6) is 0 Å². The van der Waals surface area contributed by atoms with Gasteiger partial charge in [-0.3, -0.25) is 15.0 Å². The molecule has 2 atom stereocenters. The minimum Gasteiger partial charge on any atom is -0.298 e. The van der Waals surface area contributed by atoms with E-state index >= 15 is 0 Å². The topological polar surface area (TPSA) is 45.2 Å². The minimum atomic E-state index is -0.525. The zero-order valence-electron chi connectivity index (χ0n) is 14.0. The Balaban J connectivity index is 1.61. The van der Waals surface area contributed by atoms with Gasteiger partial charge in [0, 0.05) is 25.0 Å². The van der Waals surface area contributed by atoms with Gasteiger partial charge in [-0.25, -0.2) is 9.37 Å². The molecule has 0 saturated carbocycles. The van der Waals surface area contributed by atoms with E-state index in [2.05, 4.69) is 29.0 Å². The molecule has 2 heterocycles. The zero-order valence-corrected chi connectivity index (χ0v) is 14.8. The Hall–Kier alpha value is -1.79. The van der Waals surface area contributed by atoms with E-state index in [4.69, 9.17) is 0 Å². The van der Waals surface area contributed by atoms with Crippen molar-refractivity contribution >= 4 is 22.4 Å². The van der Waals surface area contributed by atoms with Crippen LogP contribution in [0.1, 0.15) is 36.3 Å². The molecule has 1 N–H and O–H groups in total. The molecule has 1 aromatic heterocycles. The molecular weight excluding hydrogens is 325 g/mol. The Morgan fingerprint density at radius 1 is 1.33 bits per heavy atom. The summed E-state index contributed by atoms with van der Waals surface area (Å²) >= 11 is 1.38. The molecule has 0 unspecified atom stereocenters. The maximum atomic E-state index is 13.6. The van der Waals surface area contributed by atoms with Crippen LogP contribution in [0.2, 0.25) is 0 Å². The van der Waals surface area contributed by atoms with Crippen molar-refractivity contribution in [3.8, 4) is 0 Å². The van der Waals surface area contributed by atoms with Crippen LogP contribution < -0.4 is 5.32 Å². The Morgan fingerprint density at radius 2 is 2.04 bits per heavy atom. The smallest absolute Gasteiger partial charge is 0.260 e. The first-order valence-corrected chi connectivity index (χ1v) is 9.12. The highest BCUT2D eigenvalue weighted by Crippen LogP contribution is 2.24. The van der Waals surface area contributed by atoms with E-state index in [1.54, 1.807) is 12.1 Å². The predicted octanol–water partition coefficient (Wildman–Crippen LogP) is 4.01. The summed E-state index contributed by atoms with van der Waals surface area (Å²) in [5.74, 6) is 0.414. The van der Waals surface area contributed by atoms with E-state index in [0.717, 1.165) is 25.3 Å². The average Bonchev–Trinajstić information content (AvgIpc) is 2.93. The number of nitrogens with one attached hydrogen (secondary N) is 1. The van der Waals surface area contributed by atoms with Crippen molar-refractivity contribution in [3.05, 3.63) is 46.7 Å². The number of hydrogen-bond donors (Lipinski definition) is 1. The standard InChI is InChI=1S/C18H22FN3OS/c1-12-7-13(2)9-22(8-12)10-14-11-24-18(20-14)21-17(23)15-5-3-4-6-16(15)19/h3-6,11-13H,7-10H2,1-2H3,(H,20,21,23)/t12-,13-/m1/s1.